The molecular formula is C27H35ClN6O8. The number of phenols is 1. The number of carbonyl (C=O) groups excluding carboxylic acids is 1. The molecule has 0 amide bonds. The second kappa shape index (κ2) is 12.8. The molecular weight excluding hydrogens is 572 g/mol. The van der Waals surface area contributed by atoms with Crippen molar-refractivity contribution in [3.05, 3.63) is 73.3 Å². The molecule has 4 rings (SSSR count). The average Bonchev–Trinajstić information content (AvgIpc) is 3.55. The van der Waals surface area contributed by atoms with Crippen molar-refractivity contribution in [3.8, 4) is 5.75 Å². The SMILES string of the molecule is Cc1cn([C@H]2C[C@H](n3cc(CNCC(C(=O)OC(C)(C)C)C(O)c4cc(Cl)ccc4O)nn3)[C@@H](CO)O2)c(=O)[nH]c1=O. The first-order chi connectivity index (χ1) is 19.8. The Morgan fingerprint density at radius 3 is 2.74 bits per heavy atom. The Balaban J connectivity index is 1.46. The van der Waals surface area contributed by atoms with Crippen LogP contribution >= 0.6 is 11.6 Å². The van der Waals surface area contributed by atoms with Gasteiger partial charge in [0.15, 0.2) is 0 Å². The molecule has 3 heterocycles. The number of carbonyl (C=O) groups is 1. The van der Waals surface area contributed by atoms with Crippen molar-refractivity contribution >= 4 is 17.6 Å². The van der Waals surface area contributed by atoms with Crippen LogP contribution in [0.1, 0.15) is 62.4 Å². The van der Waals surface area contributed by atoms with Crippen LogP contribution in [0, 0.1) is 12.8 Å². The van der Waals surface area contributed by atoms with E-state index in [1.54, 1.807) is 33.9 Å². The van der Waals surface area contributed by atoms with E-state index in [9.17, 15) is 29.7 Å². The molecule has 228 valence electrons. The van der Waals surface area contributed by atoms with Crippen LogP contribution in [0.4, 0.5) is 0 Å². The van der Waals surface area contributed by atoms with Crippen LogP contribution in [0.5, 0.6) is 5.75 Å². The molecule has 2 unspecified atom stereocenters. The van der Waals surface area contributed by atoms with Crippen LogP contribution in [-0.4, -0.2) is 70.7 Å². The van der Waals surface area contributed by atoms with E-state index in [0.717, 1.165) is 0 Å². The third-order valence-electron chi connectivity index (χ3n) is 6.81. The molecule has 0 radical (unpaired) electrons. The van der Waals surface area contributed by atoms with Gasteiger partial charge in [0.2, 0.25) is 0 Å². The van der Waals surface area contributed by atoms with Crippen LogP contribution in [0.2, 0.25) is 5.02 Å². The van der Waals surface area contributed by atoms with Gasteiger partial charge in [-0.1, -0.05) is 16.8 Å². The van der Waals surface area contributed by atoms with Crippen molar-refractivity contribution in [2.45, 2.75) is 70.7 Å². The van der Waals surface area contributed by atoms with E-state index in [1.165, 1.54) is 33.6 Å². The third-order valence-corrected chi connectivity index (χ3v) is 7.04. The van der Waals surface area contributed by atoms with Gasteiger partial charge in [0.1, 0.15) is 23.7 Å². The molecule has 2 aromatic heterocycles. The predicted molar refractivity (Wildman–Crippen MR) is 150 cm³/mol. The second-order valence-corrected chi connectivity index (χ2v) is 11.6. The Morgan fingerprint density at radius 1 is 1.31 bits per heavy atom. The van der Waals surface area contributed by atoms with Gasteiger partial charge in [-0.2, -0.15) is 0 Å². The van der Waals surface area contributed by atoms with Crippen molar-refractivity contribution < 1.29 is 29.6 Å². The standard InChI is InChI=1S/C27H35ClN6O8/c1-14-11-33(26(40)30-24(14)38)22-8-19(21(13-35)41-22)34-12-16(31-32-34)9-29-10-18(25(39)42-27(2,3)4)23(37)17-7-15(28)5-6-20(17)36/h5-7,11-12,18-19,21-23,29,35-37H,8-10,13H2,1-4H3,(H,30,38,40)/t18?,19-,21+,22+,23?/m0/s1. The van der Waals surface area contributed by atoms with E-state index >= 15 is 0 Å². The van der Waals surface area contributed by atoms with E-state index in [2.05, 4.69) is 20.6 Å². The molecule has 5 N–H and O–H groups in total. The van der Waals surface area contributed by atoms with Gasteiger partial charge in [0.25, 0.3) is 5.56 Å². The number of aromatic amines is 1. The minimum atomic E-state index is -1.42. The summed E-state index contributed by atoms with van der Waals surface area (Å²) in [6.07, 6.45) is 0.503. The zero-order valence-electron chi connectivity index (χ0n) is 23.7. The van der Waals surface area contributed by atoms with E-state index in [1.807, 2.05) is 0 Å². The number of hydrogen-bond acceptors (Lipinski definition) is 11. The number of aryl methyl sites for hydroxylation is 1. The number of hydrogen-bond donors (Lipinski definition) is 5. The maximum absolute atomic E-state index is 13.0. The Bertz CT molecular complexity index is 1530. The lowest BCUT2D eigenvalue weighted by Gasteiger charge is -2.27. The zero-order valence-corrected chi connectivity index (χ0v) is 24.4. The molecule has 0 saturated carbocycles. The Labute approximate surface area is 245 Å². The van der Waals surface area contributed by atoms with Gasteiger partial charge in [0, 0.05) is 41.9 Å². The van der Waals surface area contributed by atoms with E-state index in [-0.39, 0.29) is 42.5 Å². The van der Waals surface area contributed by atoms with Gasteiger partial charge in [-0.15, -0.1) is 5.10 Å². The van der Waals surface area contributed by atoms with E-state index in [4.69, 9.17) is 21.1 Å². The third kappa shape index (κ3) is 7.25. The molecule has 42 heavy (non-hydrogen) atoms. The highest BCUT2D eigenvalue weighted by molar-refractivity contribution is 6.30. The number of aromatic nitrogens is 5. The smallest absolute Gasteiger partial charge is 0.330 e. The number of benzene rings is 1. The number of nitrogens with one attached hydrogen (secondary N) is 2. The average molecular weight is 607 g/mol. The first-order valence-electron chi connectivity index (χ1n) is 13.4. The monoisotopic (exact) mass is 606 g/mol. The number of halogens is 1. The number of H-pyrrole nitrogens is 1. The molecule has 0 spiro atoms. The van der Waals surface area contributed by atoms with Crippen LogP contribution in [-0.2, 0) is 20.8 Å². The lowest BCUT2D eigenvalue weighted by atomic mass is 9.94. The molecule has 3 aromatic rings. The normalized spacial score (nSPS) is 20.4. The van der Waals surface area contributed by atoms with Crippen molar-refractivity contribution in [2.75, 3.05) is 13.2 Å². The van der Waals surface area contributed by atoms with E-state index < -0.39 is 53.2 Å². The van der Waals surface area contributed by atoms with Crippen LogP contribution in [0.3, 0.4) is 0 Å². The highest BCUT2D eigenvalue weighted by atomic mass is 35.5. The van der Waals surface area contributed by atoms with Crippen LogP contribution in [0.25, 0.3) is 0 Å². The number of aliphatic hydroxyl groups is 2. The van der Waals surface area contributed by atoms with E-state index in [0.29, 0.717) is 11.3 Å². The summed E-state index contributed by atoms with van der Waals surface area (Å²) in [4.78, 5) is 39.4. The first kappa shape index (κ1) is 31.4. The largest absolute Gasteiger partial charge is 0.508 e. The highest BCUT2D eigenvalue weighted by Crippen LogP contribution is 2.36. The fraction of sp³-hybridized carbons (Fsp3) is 0.519. The van der Waals surface area contributed by atoms with Crippen molar-refractivity contribution in [1.29, 1.82) is 0 Å². The summed E-state index contributed by atoms with van der Waals surface area (Å²) in [5, 5.41) is 42.9. The highest BCUT2D eigenvalue weighted by Gasteiger charge is 2.38. The lowest BCUT2D eigenvalue weighted by Crippen LogP contribution is -2.37. The lowest BCUT2D eigenvalue weighted by molar-refractivity contribution is -0.164. The molecule has 0 aliphatic carbocycles. The number of phenolic OH excluding ortho intramolecular Hbond substituents is 1. The summed E-state index contributed by atoms with van der Waals surface area (Å²) in [6.45, 7) is 6.50. The molecule has 1 fully saturated rings. The molecule has 15 heteroatoms. The van der Waals surface area contributed by atoms with Gasteiger partial charge in [-0.25, -0.2) is 9.48 Å². The van der Waals surface area contributed by atoms with Crippen molar-refractivity contribution in [3.63, 3.8) is 0 Å². The minimum absolute atomic E-state index is 0.0305. The molecule has 1 saturated heterocycles. The van der Waals surface area contributed by atoms with Gasteiger partial charge in [-0.05, 0) is 45.9 Å². The Morgan fingerprint density at radius 2 is 2.05 bits per heavy atom. The Kier molecular flexibility index (Phi) is 9.53. The minimum Gasteiger partial charge on any atom is -0.508 e. The van der Waals surface area contributed by atoms with Crippen LogP contribution < -0.4 is 16.6 Å². The number of ether oxygens (including phenoxy) is 2. The summed E-state index contributed by atoms with van der Waals surface area (Å²) >= 11 is 6.05. The van der Waals surface area contributed by atoms with Gasteiger partial charge >= 0.3 is 11.7 Å². The second-order valence-electron chi connectivity index (χ2n) is 11.2. The first-order valence-corrected chi connectivity index (χ1v) is 13.7. The quantitative estimate of drug-likeness (QED) is 0.207. The van der Waals surface area contributed by atoms with Crippen molar-refractivity contribution in [1.82, 2.24) is 29.9 Å². The maximum Gasteiger partial charge on any atom is 0.330 e. The Hall–Kier alpha value is -3.56. The zero-order chi connectivity index (χ0) is 30.8. The predicted octanol–water partition coefficient (Wildman–Crippen LogP) is 1.10. The molecule has 1 aliphatic rings. The van der Waals surface area contributed by atoms with Gasteiger partial charge in [0.05, 0.1) is 36.6 Å². The van der Waals surface area contributed by atoms with Gasteiger partial charge in [-0.3, -0.25) is 19.1 Å². The van der Waals surface area contributed by atoms with Crippen LogP contribution in [0.15, 0.2) is 40.2 Å². The summed E-state index contributed by atoms with van der Waals surface area (Å²) < 4.78 is 14.2. The molecule has 14 nitrogen and oxygen atoms in total. The summed E-state index contributed by atoms with van der Waals surface area (Å²) in [5.41, 5.74) is -0.981. The molecule has 5 atom stereocenters. The fourth-order valence-corrected chi connectivity index (χ4v) is 4.90. The summed E-state index contributed by atoms with van der Waals surface area (Å²) in [6, 6.07) is 3.74. The number of nitrogens with zero attached hydrogens (tertiary/aromatic N) is 4. The fourth-order valence-electron chi connectivity index (χ4n) is 4.72. The molecule has 1 aromatic carbocycles. The molecule has 1 aliphatic heterocycles. The summed E-state index contributed by atoms with van der Waals surface area (Å²) in [5.74, 6) is -1.97. The number of aromatic hydroxyl groups is 1. The number of esters is 1. The number of rotatable bonds is 10. The number of aliphatic hydroxyl groups excluding tert-OH is 2. The van der Waals surface area contributed by atoms with Gasteiger partial charge < -0.3 is 30.1 Å². The molecule has 0 bridgehead atoms. The maximum atomic E-state index is 13.0. The summed E-state index contributed by atoms with van der Waals surface area (Å²) in [7, 11) is 0. The topological polar surface area (TPSA) is 194 Å². The van der Waals surface area contributed by atoms with Crippen molar-refractivity contribution in [2.24, 2.45) is 5.92 Å².